The van der Waals surface area contributed by atoms with Gasteiger partial charge in [-0.2, -0.15) is 0 Å². The summed E-state index contributed by atoms with van der Waals surface area (Å²) < 4.78 is 1.75. The molecule has 1 aromatic rings. The first-order valence-electron chi connectivity index (χ1n) is 3.68. The Balaban J connectivity index is 0.00000121. The van der Waals surface area contributed by atoms with Crippen LogP contribution < -0.4 is 5.32 Å². The maximum Gasteiger partial charge on any atom is 0.242 e. The lowest BCUT2D eigenvalue weighted by molar-refractivity contribution is 0.476. The maximum absolute atomic E-state index is 3.82. The molecule has 0 saturated carbocycles. The van der Waals surface area contributed by atoms with Gasteiger partial charge in [-0.05, 0) is 16.3 Å². The highest BCUT2D eigenvalue weighted by molar-refractivity contribution is 5.85. The lowest BCUT2D eigenvalue weighted by Gasteiger charge is -2.05. The van der Waals surface area contributed by atoms with Crippen molar-refractivity contribution in [2.45, 2.75) is 20.4 Å². The van der Waals surface area contributed by atoms with Gasteiger partial charge in [0.25, 0.3) is 0 Å². The van der Waals surface area contributed by atoms with Crippen molar-refractivity contribution in [1.82, 2.24) is 20.2 Å². The molecule has 5 nitrogen and oxygen atoms in total. The number of hydrogen-bond acceptors (Lipinski definition) is 4. The van der Waals surface area contributed by atoms with Crippen LogP contribution in [0.2, 0.25) is 0 Å². The summed E-state index contributed by atoms with van der Waals surface area (Å²) in [6.07, 6.45) is 0. The zero-order valence-electron chi connectivity index (χ0n) is 7.48. The number of tetrazole rings is 1. The smallest absolute Gasteiger partial charge is 0.242 e. The topological polar surface area (TPSA) is 55.6 Å². The minimum atomic E-state index is 0. The van der Waals surface area contributed by atoms with E-state index in [0.29, 0.717) is 5.92 Å². The van der Waals surface area contributed by atoms with Gasteiger partial charge in [0, 0.05) is 13.6 Å². The fourth-order valence-corrected chi connectivity index (χ4v) is 0.853. The van der Waals surface area contributed by atoms with Crippen LogP contribution in [0.15, 0.2) is 0 Å². The summed E-state index contributed by atoms with van der Waals surface area (Å²) in [5.41, 5.74) is 0. The van der Waals surface area contributed by atoms with Gasteiger partial charge in [-0.15, -0.1) is 12.4 Å². The van der Waals surface area contributed by atoms with Gasteiger partial charge in [-0.25, -0.2) is 4.68 Å². The van der Waals surface area contributed by atoms with Crippen molar-refractivity contribution in [2.24, 2.45) is 5.92 Å². The van der Waals surface area contributed by atoms with E-state index in [0.717, 1.165) is 12.5 Å². The van der Waals surface area contributed by atoms with Crippen LogP contribution in [0, 0.1) is 5.92 Å². The first kappa shape index (κ1) is 11.2. The summed E-state index contributed by atoms with van der Waals surface area (Å²) in [6, 6.07) is 0. The third-order valence-corrected chi connectivity index (χ3v) is 1.29. The molecule has 0 aromatic carbocycles. The third kappa shape index (κ3) is 2.65. The molecule has 0 atom stereocenters. The molecule has 0 amide bonds. The maximum atomic E-state index is 3.82. The molecule has 0 saturated heterocycles. The van der Waals surface area contributed by atoms with Crippen molar-refractivity contribution in [3.05, 3.63) is 0 Å². The lowest BCUT2D eigenvalue weighted by Crippen LogP contribution is -2.09. The van der Waals surface area contributed by atoms with E-state index in [2.05, 4.69) is 34.7 Å². The van der Waals surface area contributed by atoms with E-state index < -0.39 is 0 Å². The third-order valence-electron chi connectivity index (χ3n) is 1.29. The van der Waals surface area contributed by atoms with E-state index in [1.165, 1.54) is 0 Å². The van der Waals surface area contributed by atoms with Crippen molar-refractivity contribution < 1.29 is 0 Å². The first-order chi connectivity index (χ1) is 5.24. The molecule has 0 unspecified atom stereocenters. The van der Waals surface area contributed by atoms with Gasteiger partial charge in [0.1, 0.15) is 0 Å². The van der Waals surface area contributed by atoms with Crippen molar-refractivity contribution in [1.29, 1.82) is 0 Å². The second kappa shape index (κ2) is 4.92. The Morgan fingerprint density at radius 3 is 2.67 bits per heavy atom. The molecule has 0 bridgehead atoms. The van der Waals surface area contributed by atoms with E-state index in [1.807, 2.05) is 7.05 Å². The van der Waals surface area contributed by atoms with E-state index in [9.17, 15) is 0 Å². The van der Waals surface area contributed by atoms with E-state index >= 15 is 0 Å². The predicted molar refractivity (Wildman–Crippen MR) is 49.4 cm³/mol. The van der Waals surface area contributed by atoms with Gasteiger partial charge in [-0.3, -0.25) is 0 Å². The highest BCUT2D eigenvalue weighted by Crippen LogP contribution is 2.02. The van der Waals surface area contributed by atoms with Gasteiger partial charge >= 0.3 is 0 Å². The Labute approximate surface area is 77.9 Å². The number of rotatable bonds is 3. The molecule has 1 rings (SSSR count). The van der Waals surface area contributed by atoms with Crippen LogP contribution in [0.3, 0.4) is 0 Å². The van der Waals surface area contributed by atoms with Gasteiger partial charge < -0.3 is 5.32 Å². The van der Waals surface area contributed by atoms with E-state index in [1.54, 1.807) is 4.68 Å². The monoisotopic (exact) mass is 191 g/mol. The normalized spacial score (nSPS) is 9.67. The summed E-state index contributed by atoms with van der Waals surface area (Å²) in [6.45, 7) is 5.10. The number of halogens is 1. The van der Waals surface area contributed by atoms with Crippen LogP contribution in [0.25, 0.3) is 0 Å². The second-order valence-electron chi connectivity index (χ2n) is 2.83. The molecule has 70 valence electrons. The Morgan fingerprint density at radius 2 is 2.17 bits per heavy atom. The van der Waals surface area contributed by atoms with Crippen LogP contribution in [0.1, 0.15) is 13.8 Å². The van der Waals surface area contributed by atoms with Gasteiger partial charge in [-0.1, -0.05) is 18.9 Å². The molecule has 0 aliphatic heterocycles. The Bertz CT molecular complexity index is 221. The highest BCUT2D eigenvalue weighted by atomic mass is 35.5. The first-order valence-corrected chi connectivity index (χ1v) is 3.68. The summed E-state index contributed by atoms with van der Waals surface area (Å²) in [5, 5.41) is 14.1. The quantitative estimate of drug-likeness (QED) is 0.768. The molecule has 0 fully saturated rings. The Kier molecular flexibility index (Phi) is 4.58. The minimum Gasteiger partial charge on any atom is -0.356 e. The van der Waals surface area contributed by atoms with Crippen molar-refractivity contribution in [3.63, 3.8) is 0 Å². The van der Waals surface area contributed by atoms with Gasteiger partial charge in [0.05, 0.1) is 0 Å². The summed E-state index contributed by atoms with van der Waals surface area (Å²) in [7, 11) is 1.81. The van der Waals surface area contributed by atoms with Crippen LogP contribution in [-0.2, 0) is 6.54 Å². The number of nitrogens with zero attached hydrogens (tertiary/aromatic N) is 4. The van der Waals surface area contributed by atoms with E-state index in [4.69, 9.17) is 0 Å². The zero-order chi connectivity index (χ0) is 8.27. The van der Waals surface area contributed by atoms with Crippen molar-refractivity contribution in [2.75, 3.05) is 12.4 Å². The van der Waals surface area contributed by atoms with Crippen molar-refractivity contribution in [3.8, 4) is 0 Å². The number of nitrogens with one attached hydrogen (secondary N) is 1. The molecule has 1 heterocycles. The number of hydrogen-bond donors (Lipinski definition) is 1. The highest BCUT2D eigenvalue weighted by Gasteiger charge is 2.03. The van der Waals surface area contributed by atoms with Crippen molar-refractivity contribution >= 4 is 18.4 Å². The molecule has 12 heavy (non-hydrogen) atoms. The lowest BCUT2D eigenvalue weighted by atomic mass is 10.2. The summed E-state index contributed by atoms with van der Waals surface area (Å²) in [4.78, 5) is 0. The Hall–Kier alpha value is -0.840. The molecule has 0 aliphatic carbocycles. The molecular weight excluding hydrogens is 178 g/mol. The van der Waals surface area contributed by atoms with Gasteiger partial charge in [0.15, 0.2) is 0 Å². The SMILES string of the molecule is CNc1nnnn1CC(C)C.Cl. The fraction of sp³-hybridized carbons (Fsp3) is 0.833. The predicted octanol–water partition coefficient (Wildman–Crippen LogP) is 0.793. The molecule has 1 N–H and O–H groups in total. The van der Waals surface area contributed by atoms with Gasteiger partial charge in [0.2, 0.25) is 5.95 Å². The van der Waals surface area contributed by atoms with Crippen LogP contribution >= 0.6 is 12.4 Å². The number of anilines is 1. The number of aromatic nitrogens is 4. The summed E-state index contributed by atoms with van der Waals surface area (Å²) >= 11 is 0. The minimum absolute atomic E-state index is 0. The average molecular weight is 192 g/mol. The molecule has 1 aromatic heterocycles. The standard InChI is InChI=1S/C6H13N5.ClH/c1-5(2)4-11-6(7-3)8-9-10-11;/h5H,4H2,1-3H3,(H,7,8,10);1H. The van der Waals surface area contributed by atoms with Crippen LogP contribution in [0.4, 0.5) is 5.95 Å². The van der Waals surface area contributed by atoms with Crippen LogP contribution in [0.5, 0.6) is 0 Å². The Morgan fingerprint density at radius 1 is 1.50 bits per heavy atom. The molecular formula is C6H14ClN5. The summed E-state index contributed by atoms with van der Waals surface area (Å²) in [5.74, 6) is 1.28. The molecule has 0 spiro atoms. The average Bonchev–Trinajstić information content (AvgIpc) is 2.34. The fourth-order valence-electron chi connectivity index (χ4n) is 0.853. The van der Waals surface area contributed by atoms with Crippen LogP contribution in [-0.4, -0.2) is 27.3 Å². The molecule has 0 radical (unpaired) electrons. The van der Waals surface area contributed by atoms with E-state index in [-0.39, 0.29) is 12.4 Å². The largest absolute Gasteiger partial charge is 0.356 e. The molecule has 6 heteroatoms. The zero-order valence-corrected chi connectivity index (χ0v) is 8.30. The molecule has 0 aliphatic rings. The second-order valence-corrected chi connectivity index (χ2v) is 2.83.